The van der Waals surface area contributed by atoms with Gasteiger partial charge in [0.05, 0.1) is 74.3 Å². The Labute approximate surface area is 564 Å². The standard InChI is InChI=1S/C20H21NO5.C17H15BrN2O.C17H14Cl2F2N2O3.C16H20N4O2/c1-24-17-9-8-13(10-18(17)25-2)16(11-19(22)26-3)21-12-14-6-4-5-7-15(14)20(21)23;1-3-20-16(21)10-15(12-5-4-6-13(18)9-12)14-8-7-11(2)19-17(14)20;18-11-6-22-7-12(19)15(11)16(24)23-10-3-4-13(26-17(20)21)14(5-10)25-8-9-1-2-9;1-5-9-19-11-7-8-13(22-4)18-15(11)20-12(6-2)17-10(3)14(20)16(19)21/h4-10,16H,11-12H2,1-3H3;4-10H,3H2,1-2H3;3-7,9,17H,1-2,8H2,(H,23,24);7-8H,5-6,9H2,1-4H3. The molecule has 12 rings (SSSR count). The van der Waals surface area contributed by atoms with E-state index in [1.807, 2.05) is 105 Å². The number of alkyl halides is 2. The summed E-state index contributed by atoms with van der Waals surface area (Å²) >= 11 is 15.4. The number of methoxy groups -OCH3 is 4. The zero-order chi connectivity index (χ0) is 68.2. The van der Waals surface area contributed by atoms with E-state index in [9.17, 15) is 32.8 Å². The van der Waals surface area contributed by atoms with Gasteiger partial charge in [-0.3, -0.25) is 37.9 Å². The van der Waals surface area contributed by atoms with Crippen molar-refractivity contribution in [2.24, 2.45) is 5.92 Å². The number of fused-ring (bicyclic) bond motifs is 5. The van der Waals surface area contributed by atoms with Crippen molar-refractivity contribution < 1.29 is 51.6 Å². The molecule has 0 saturated heterocycles. The molecular formula is C70H70BrCl2F2N9O11. The number of rotatable bonds is 19. The minimum Gasteiger partial charge on any atom is -0.493 e. The number of amides is 2. The molecule has 25 heteroatoms. The van der Waals surface area contributed by atoms with Gasteiger partial charge < -0.3 is 43.2 Å². The highest BCUT2D eigenvalue weighted by atomic mass is 79.9. The lowest BCUT2D eigenvalue weighted by atomic mass is 10.0. The van der Waals surface area contributed by atoms with Gasteiger partial charge in [-0.1, -0.05) is 89.4 Å². The highest BCUT2D eigenvalue weighted by Crippen LogP contribution is 2.39. The van der Waals surface area contributed by atoms with Crippen LogP contribution in [0.5, 0.6) is 28.9 Å². The molecule has 20 nitrogen and oxygen atoms in total. The summed E-state index contributed by atoms with van der Waals surface area (Å²) in [6.45, 7) is 9.00. The molecule has 95 heavy (non-hydrogen) atoms. The van der Waals surface area contributed by atoms with Crippen molar-refractivity contribution in [2.45, 2.75) is 99.0 Å². The number of carbonyl (C=O) groups is 3. The number of hydrogen-bond acceptors (Lipinski definition) is 15. The number of nitrogens with zero attached hydrogens (tertiary/aromatic N) is 8. The number of halogens is 5. The number of carbonyl (C=O) groups excluding carboxylic acids is 3. The molecule has 1 unspecified atom stereocenters. The number of imidazole rings is 1. The molecule has 2 aliphatic rings. The second kappa shape index (κ2) is 31.7. The van der Waals surface area contributed by atoms with Crippen LogP contribution in [-0.2, 0) is 35.6 Å². The van der Waals surface area contributed by atoms with E-state index < -0.39 is 18.6 Å². The Bertz CT molecular complexity index is 4580. The Morgan fingerprint density at radius 3 is 2.14 bits per heavy atom. The van der Waals surface area contributed by atoms with E-state index in [-0.39, 0.29) is 56.5 Å². The number of anilines is 1. The van der Waals surface area contributed by atoms with Gasteiger partial charge in [0.2, 0.25) is 5.88 Å². The van der Waals surface area contributed by atoms with Crippen LogP contribution in [0.25, 0.3) is 38.8 Å². The SMILES string of the molecule is CCCn1c(=O)c2c(C)nc(CC)n2c2nc(OC)ccc21.CCn1c(=O)cc(-c2cccc(Br)c2)c2ccc(C)nc21.COC(=O)CC(c1ccc(OC)c(OC)c1)N1Cc2ccccc2C1=O.O=C(Nc1ccc(OC(F)F)c(OCC2CC2)c1)c1c(Cl)cncc1Cl. The second-order valence-corrected chi connectivity index (χ2v) is 23.7. The molecule has 10 aromatic rings. The normalized spacial score (nSPS) is 12.6. The third kappa shape index (κ3) is 16.2. The number of benzene rings is 4. The zero-order valence-electron chi connectivity index (χ0n) is 53.7. The Kier molecular flexibility index (Phi) is 23.3. The van der Waals surface area contributed by atoms with Crippen LogP contribution in [0.1, 0.15) is 102 Å². The maximum Gasteiger partial charge on any atom is 0.387 e. The predicted octanol–water partition coefficient (Wildman–Crippen LogP) is 14.5. The molecule has 1 aliphatic heterocycles. The van der Waals surface area contributed by atoms with E-state index in [0.717, 1.165) is 91.8 Å². The Morgan fingerprint density at radius 1 is 0.747 bits per heavy atom. The fourth-order valence-electron chi connectivity index (χ4n) is 10.9. The first-order valence-corrected chi connectivity index (χ1v) is 32.0. The van der Waals surface area contributed by atoms with Gasteiger partial charge in [0, 0.05) is 83.5 Å². The summed E-state index contributed by atoms with van der Waals surface area (Å²) < 4.78 is 62.2. The highest BCUT2D eigenvalue weighted by Gasteiger charge is 2.35. The Balaban J connectivity index is 0.000000149. The first kappa shape index (κ1) is 69.9. The second-order valence-electron chi connectivity index (χ2n) is 22.0. The van der Waals surface area contributed by atoms with E-state index in [4.69, 9.17) is 46.9 Å². The molecule has 7 heterocycles. The zero-order valence-corrected chi connectivity index (χ0v) is 56.8. The summed E-state index contributed by atoms with van der Waals surface area (Å²) in [6.07, 6.45) is 6.36. The van der Waals surface area contributed by atoms with Crippen LogP contribution in [0.3, 0.4) is 0 Å². The lowest BCUT2D eigenvalue weighted by molar-refractivity contribution is -0.141. The van der Waals surface area contributed by atoms with E-state index in [1.165, 1.54) is 37.7 Å². The maximum absolute atomic E-state index is 12.9. The third-order valence-corrected chi connectivity index (χ3v) is 16.8. The molecule has 6 aromatic heterocycles. The van der Waals surface area contributed by atoms with Crippen LogP contribution in [0, 0.1) is 19.8 Å². The number of aryl methyl sites for hydroxylation is 5. The summed E-state index contributed by atoms with van der Waals surface area (Å²) in [7, 11) is 6.04. The smallest absolute Gasteiger partial charge is 0.387 e. The number of ether oxygens (including phenoxy) is 6. The number of hydrogen-bond donors (Lipinski definition) is 1. The molecule has 1 fully saturated rings. The van der Waals surface area contributed by atoms with Crippen LogP contribution in [0.4, 0.5) is 14.5 Å². The van der Waals surface area contributed by atoms with Crippen molar-refractivity contribution in [1.82, 2.24) is 38.4 Å². The Hall–Kier alpha value is -9.45. The molecule has 0 spiro atoms. The predicted molar refractivity (Wildman–Crippen MR) is 364 cm³/mol. The van der Waals surface area contributed by atoms with Gasteiger partial charge in [0.15, 0.2) is 28.6 Å². The van der Waals surface area contributed by atoms with Crippen LogP contribution in [0.2, 0.25) is 10.0 Å². The minimum atomic E-state index is -2.98. The van der Waals surface area contributed by atoms with Gasteiger partial charge in [-0.05, 0) is 129 Å². The summed E-state index contributed by atoms with van der Waals surface area (Å²) in [5.74, 6) is 1.93. The lowest BCUT2D eigenvalue weighted by Crippen LogP contribution is -2.31. The largest absolute Gasteiger partial charge is 0.493 e. The van der Waals surface area contributed by atoms with Crippen molar-refractivity contribution in [2.75, 3.05) is 40.4 Å². The van der Waals surface area contributed by atoms with E-state index >= 15 is 0 Å². The van der Waals surface area contributed by atoms with Gasteiger partial charge >= 0.3 is 12.6 Å². The monoisotopic (exact) mass is 1400 g/mol. The molecule has 0 bridgehead atoms. The van der Waals surface area contributed by atoms with E-state index in [0.29, 0.717) is 66.3 Å². The van der Waals surface area contributed by atoms with Crippen LogP contribution >= 0.6 is 39.1 Å². The molecule has 1 saturated carbocycles. The maximum atomic E-state index is 12.9. The van der Waals surface area contributed by atoms with E-state index in [1.54, 1.807) is 59.6 Å². The topological polar surface area (TPSA) is 222 Å². The molecular weight excluding hydrogens is 1330 g/mol. The molecule has 4 aromatic carbocycles. The molecule has 1 atom stereocenters. The first-order valence-electron chi connectivity index (χ1n) is 30.5. The van der Waals surface area contributed by atoms with Crippen molar-refractivity contribution in [1.29, 1.82) is 0 Å². The average molecular weight is 1400 g/mol. The van der Waals surface area contributed by atoms with Gasteiger partial charge in [-0.25, -0.2) is 9.97 Å². The molecule has 1 aliphatic carbocycles. The quantitative estimate of drug-likeness (QED) is 0.0744. The van der Waals surface area contributed by atoms with Crippen molar-refractivity contribution in [3.63, 3.8) is 0 Å². The summed E-state index contributed by atoms with van der Waals surface area (Å²) in [6, 6.07) is 33.9. The van der Waals surface area contributed by atoms with E-state index in [2.05, 4.69) is 52.8 Å². The van der Waals surface area contributed by atoms with Gasteiger partial charge in [-0.15, -0.1) is 0 Å². The van der Waals surface area contributed by atoms with Crippen molar-refractivity contribution >= 4 is 90.3 Å². The number of nitrogens with one attached hydrogen (secondary N) is 1. The Morgan fingerprint density at radius 2 is 1.48 bits per heavy atom. The molecule has 496 valence electrons. The first-order chi connectivity index (χ1) is 45.7. The summed E-state index contributed by atoms with van der Waals surface area (Å²) in [5.41, 5.74) is 9.27. The number of esters is 1. The number of aromatic nitrogens is 7. The third-order valence-electron chi connectivity index (χ3n) is 15.7. The highest BCUT2D eigenvalue weighted by molar-refractivity contribution is 9.10. The van der Waals surface area contributed by atoms with Crippen LogP contribution in [0.15, 0.2) is 142 Å². The fraction of sp³-hybridized carbons (Fsp3) is 0.300. The minimum absolute atomic E-state index is 0.00832. The van der Waals surface area contributed by atoms with Gasteiger partial charge in [0.1, 0.15) is 17.0 Å². The van der Waals surface area contributed by atoms with Crippen LogP contribution < -0.4 is 40.1 Å². The molecule has 0 radical (unpaired) electrons. The summed E-state index contributed by atoms with van der Waals surface area (Å²) in [5, 5.41) is 3.80. The molecule has 2 amide bonds. The summed E-state index contributed by atoms with van der Waals surface area (Å²) in [4.78, 5) is 81.7. The number of pyridine rings is 4. The fourth-order valence-corrected chi connectivity index (χ4v) is 11.8. The van der Waals surface area contributed by atoms with Gasteiger partial charge in [-0.2, -0.15) is 13.8 Å². The average Bonchev–Trinajstić information content (AvgIpc) is 1.68. The molecule has 1 N–H and O–H groups in total. The lowest BCUT2D eigenvalue weighted by Gasteiger charge is -2.28. The van der Waals surface area contributed by atoms with Crippen LogP contribution in [-0.4, -0.2) is 97.8 Å². The van der Waals surface area contributed by atoms with Crippen molar-refractivity contribution in [3.8, 4) is 40.0 Å². The van der Waals surface area contributed by atoms with Gasteiger partial charge in [0.25, 0.3) is 22.9 Å². The van der Waals surface area contributed by atoms with Crippen molar-refractivity contribution in [3.05, 3.63) is 202 Å².